The Labute approximate surface area is 168 Å². The summed E-state index contributed by atoms with van der Waals surface area (Å²) in [5, 5.41) is 3.40. The predicted molar refractivity (Wildman–Crippen MR) is 121 cm³/mol. The van der Waals surface area contributed by atoms with Gasteiger partial charge in [-0.15, -0.1) is 11.3 Å². The first-order valence-corrected chi connectivity index (χ1v) is 11.0. The van der Waals surface area contributed by atoms with Crippen molar-refractivity contribution in [3.63, 3.8) is 0 Å². The molecule has 5 heteroatoms. The van der Waals surface area contributed by atoms with Crippen LogP contribution in [0, 0.1) is 6.92 Å². The number of benzene rings is 1. The normalized spacial score (nSPS) is 13.8. The number of hydrogen-bond acceptors (Lipinski definition) is 4. The molecule has 2 heterocycles. The summed E-state index contributed by atoms with van der Waals surface area (Å²) in [7, 11) is 0. The zero-order valence-corrected chi connectivity index (χ0v) is 18.0. The second-order valence-electron chi connectivity index (χ2n) is 6.52. The maximum Gasteiger partial charge on any atom is 0.141 e. The molecule has 1 aromatic carbocycles. The Kier molecular flexibility index (Phi) is 8.82. The lowest BCUT2D eigenvalue weighted by Crippen LogP contribution is -2.32. The molecule has 1 aromatic heterocycles. The summed E-state index contributed by atoms with van der Waals surface area (Å²) in [6.07, 6.45) is 3.51. The lowest BCUT2D eigenvalue weighted by atomic mass is 10.0. The van der Waals surface area contributed by atoms with E-state index in [2.05, 4.69) is 53.3 Å². The van der Waals surface area contributed by atoms with Crippen molar-refractivity contribution in [1.29, 1.82) is 0 Å². The average Bonchev–Trinajstić information content (AvgIpc) is 3.13. The maximum atomic E-state index is 6.18. The molecular weight excluding hydrogens is 352 g/mol. The van der Waals surface area contributed by atoms with E-state index in [0.717, 1.165) is 43.2 Å². The van der Waals surface area contributed by atoms with Crippen molar-refractivity contribution in [2.24, 2.45) is 10.7 Å². The van der Waals surface area contributed by atoms with Crippen molar-refractivity contribution in [2.75, 3.05) is 31.1 Å². The molecule has 0 bridgehead atoms. The molecule has 3 N–H and O–H groups in total. The minimum Gasteiger partial charge on any atom is -0.383 e. The van der Waals surface area contributed by atoms with Gasteiger partial charge in [0.15, 0.2) is 0 Å². The van der Waals surface area contributed by atoms with Gasteiger partial charge in [-0.05, 0) is 75.2 Å². The third-order valence-corrected chi connectivity index (χ3v) is 5.58. The van der Waals surface area contributed by atoms with Crippen LogP contribution in [0.4, 0.5) is 11.4 Å². The molecule has 2 aromatic rings. The minimum atomic E-state index is 0.608. The molecule has 27 heavy (non-hydrogen) atoms. The zero-order chi connectivity index (χ0) is 19.6. The summed E-state index contributed by atoms with van der Waals surface area (Å²) in [6, 6.07) is 10.6. The van der Waals surface area contributed by atoms with Crippen molar-refractivity contribution < 1.29 is 0 Å². The van der Waals surface area contributed by atoms with Crippen LogP contribution in [-0.2, 0) is 6.42 Å². The van der Waals surface area contributed by atoms with Crippen LogP contribution in [0.5, 0.6) is 0 Å². The van der Waals surface area contributed by atoms with E-state index in [1.54, 1.807) is 11.3 Å². The molecular formula is C22H34N4S. The Morgan fingerprint density at radius 2 is 2.07 bits per heavy atom. The first kappa shape index (κ1) is 21.5. The van der Waals surface area contributed by atoms with Crippen molar-refractivity contribution in [2.45, 2.75) is 47.0 Å². The van der Waals surface area contributed by atoms with Crippen LogP contribution in [0.15, 0.2) is 35.3 Å². The van der Waals surface area contributed by atoms with Crippen LogP contribution in [0.3, 0.4) is 0 Å². The zero-order valence-electron chi connectivity index (χ0n) is 17.2. The summed E-state index contributed by atoms with van der Waals surface area (Å²) in [5.74, 6) is 0.608. The van der Waals surface area contributed by atoms with E-state index in [0.29, 0.717) is 5.84 Å². The highest BCUT2D eigenvalue weighted by Gasteiger charge is 2.16. The number of nitrogens with two attached hydrogens (primary N) is 1. The molecule has 3 rings (SSSR count). The van der Waals surface area contributed by atoms with Gasteiger partial charge in [0, 0.05) is 23.7 Å². The Bertz CT molecular complexity index is 736. The molecule has 1 aliphatic heterocycles. The molecule has 0 fully saturated rings. The summed E-state index contributed by atoms with van der Waals surface area (Å²) in [4.78, 5) is 9.45. The summed E-state index contributed by atoms with van der Waals surface area (Å²) in [6.45, 7) is 12.6. The van der Waals surface area contributed by atoms with Crippen LogP contribution in [0.2, 0.25) is 0 Å². The van der Waals surface area contributed by atoms with Crippen LogP contribution in [0.25, 0.3) is 0 Å². The number of nitrogens with one attached hydrogen (secondary N) is 1. The number of anilines is 1. The molecule has 0 spiro atoms. The largest absolute Gasteiger partial charge is 0.383 e. The fourth-order valence-corrected chi connectivity index (χ4v) is 4.07. The number of rotatable bonds is 7. The Morgan fingerprint density at radius 1 is 1.26 bits per heavy atom. The van der Waals surface area contributed by atoms with Gasteiger partial charge in [0.2, 0.25) is 0 Å². The summed E-state index contributed by atoms with van der Waals surface area (Å²) in [5.41, 5.74) is 9.90. The van der Waals surface area contributed by atoms with E-state index in [4.69, 9.17) is 5.73 Å². The van der Waals surface area contributed by atoms with E-state index in [9.17, 15) is 0 Å². The molecule has 0 saturated carbocycles. The first-order valence-electron chi connectivity index (χ1n) is 10.2. The molecule has 0 radical (unpaired) electrons. The van der Waals surface area contributed by atoms with Gasteiger partial charge in [0.1, 0.15) is 5.84 Å². The molecule has 148 valence electrons. The molecule has 0 atom stereocenters. The average molecular weight is 387 g/mol. The third-order valence-electron chi connectivity index (χ3n) is 4.55. The lowest BCUT2D eigenvalue weighted by Gasteiger charge is -2.31. The number of aliphatic imine (C=N–C) groups is 1. The van der Waals surface area contributed by atoms with Crippen molar-refractivity contribution >= 4 is 28.5 Å². The summed E-state index contributed by atoms with van der Waals surface area (Å²) < 4.78 is 0. The van der Waals surface area contributed by atoms with Gasteiger partial charge in [-0.2, -0.15) is 0 Å². The highest BCUT2D eigenvalue weighted by molar-refractivity contribution is 7.14. The maximum absolute atomic E-state index is 6.18. The minimum absolute atomic E-state index is 0.608. The van der Waals surface area contributed by atoms with E-state index < -0.39 is 0 Å². The van der Waals surface area contributed by atoms with Gasteiger partial charge in [-0.1, -0.05) is 20.8 Å². The van der Waals surface area contributed by atoms with E-state index in [1.807, 2.05) is 19.9 Å². The number of hydrogen-bond donors (Lipinski definition) is 2. The Morgan fingerprint density at radius 3 is 2.78 bits per heavy atom. The fraction of sp³-hybridized carbons (Fsp3) is 0.500. The van der Waals surface area contributed by atoms with Crippen LogP contribution in [-0.4, -0.2) is 32.0 Å². The second-order valence-corrected chi connectivity index (χ2v) is 7.81. The van der Waals surface area contributed by atoms with Gasteiger partial charge >= 0.3 is 0 Å². The number of aryl methyl sites for hydroxylation is 2. The highest BCUT2D eigenvalue weighted by Crippen LogP contribution is 2.31. The molecule has 0 saturated heterocycles. The van der Waals surface area contributed by atoms with Gasteiger partial charge in [-0.25, -0.2) is 4.99 Å². The number of amidine groups is 1. The van der Waals surface area contributed by atoms with E-state index in [-0.39, 0.29) is 0 Å². The highest BCUT2D eigenvalue weighted by atomic mass is 32.1. The third kappa shape index (κ3) is 6.08. The number of fused-ring (bicyclic) bond motifs is 1. The van der Waals surface area contributed by atoms with Crippen molar-refractivity contribution in [3.8, 4) is 0 Å². The predicted octanol–water partition coefficient (Wildman–Crippen LogP) is 4.87. The molecule has 1 aliphatic rings. The van der Waals surface area contributed by atoms with E-state index in [1.165, 1.54) is 29.0 Å². The van der Waals surface area contributed by atoms with Crippen molar-refractivity contribution in [1.82, 2.24) is 5.32 Å². The van der Waals surface area contributed by atoms with Gasteiger partial charge in [0.25, 0.3) is 0 Å². The molecule has 0 amide bonds. The SMILES string of the molecule is CC.CCNCCCN1CCCc2cc(N=C(N)c3ccc(C)s3)ccc21. The van der Waals surface area contributed by atoms with Crippen LogP contribution >= 0.6 is 11.3 Å². The molecule has 4 nitrogen and oxygen atoms in total. The lowest BCUT2D eigenvalue weighted by molar-refractivity contribution is 0.626. The van der Waals surface area contributed by atoms with Gasteiger partial charge in [-0.3, -0.25) is 0 Å². The molecule has 0 unspecified atom stereocenters. The Hall–Kier alpha value is -1.85. The van der Waals surface area contributed by atoms with E-state index >= 15 is 0 Å². The Balaban J connectivity index is 0.00000126. The first-order chi connectivity index (χ1) is 13.2. The van der Waals surface area contributed by atoms with Crippen LogP contribution in [0.1, 0.15) is 48.9 Å². The number of thiophene rings is 1. The monoisotopic (exact) mass is 386 g/mol. The summed E-state index contributed by atoms with van der Waals surface area (Å²) >= 11 is 1.69. The van der Waals surface area contributed by atoms with Crippen LogP contribution < -0.4 is 16.0 Å². The standard InChI is InChI=1S/C20H28N4S.C2H6/c1-3-22-11-5-13-24-12-4-6-16-14-17(8-9-18(16)24)23-20(21)19-10-7-15(2)25-19;1-2/h7-10,14,22H,3-6,11-13H2,1-2H3,(H2,21,23);1-2H3. The smallest absolute Gasteiger partial charge is 0.141 e. The quantitative estimate of drug-likeness (QED) is 0.405. The fourth-order valence-electron chi connectivity index (χ4n) is 3.30. The van der Waals surface area contributed by atoms with Crippen molar-refractivity contribution in [3.05, 3.63) is 45.6 Å². The van der Waals surface area contributed by atoms with Gasteiger partial charge in [0.05, 0.1) is 10.6 Å². The molecule has 0 aliphatic carbocycles. The topological polar surface area (TPSA) is 53.6 Å². The second kappa shape index (κ2) is 11.1. The number of nitrogens with zero attached hydrogens (tertiary/aromatic N) is 2. The van der Waals surface area contributed by atoms with Gasteiger partial charge < -0.3 is 16.0 Å².